The van der Waals surface area contributed by atoms with E-state index in [1.807, 2.05) is 59.5 Å². The van der Waals surface area contributed by atoms with Gasteiger partial charge in [-0.05, 0) is 41.7 Å². The maximum atomic E-state index is 13.8. The van der Waals surface area contributed by atoms with E-state index in [0.717, 1.165) is 28.1 Å². The van der Waals surface area contributed by atoms with Crippen LogP contribution in [-0.4, -0.2) is 16.6 Å². The van der Waals surface area contributed by atoms with Crippen LogP contribution in [0.15, 0.2) is 107 Å². The number of nitrogens with zero attached hydrogens (tertiary/aromatic N) is 4. The molecule has 3 aliphatic rings. The Hall–Kier alpha value is -4.50. The summed E-state index contributed by atoms with van der Waals surface area (Å²) in [6.07, 6.45) is 4.47. The average Bonchev–Trinajstić information content (AvgIpc) is 2.89. The number of fused-ring (bicyclic) bond motifs is 4. The second-order valence-electron chi connectivity index (χ2n) is 8.72. The molecule has 164 valence electrons. The SMILES string of the molecule is N#CC1=C2N=C(N)c3ccccc3N2C2=C(C(=O)C[C@H](c3ccccc3)C2)[C@H]1c1cccnc1. The minimum absolute atomic E-state index is 0.0438. The number of hydrogen-bond donors (Lipinski definition) is 1. The second-order valence-corrected chi connectivity index (χ2v) is 8.72. The maximum absolute atomic E-state index is 13.8. The number of nitrogens with two attached hydrogens (primary N) is 1. The van der Waals surface area contributed by atoms with Crippen LogP contribution in [0.2, 0.25) is 0 Å². The lowest BCUT2D eigenvalue weighted by atomic mass is 9.72. The van der Waals surface area contributed by atoms with Crippen molar-refractivity contribution in [2.75, 3.05) is 4.90 Å². The molecule has 0 bridgehead atoms. The Balaban J connectivity index is 1.62. The summed E-state index contributed by atoms with van der Waals surface area (Å²) >= 11 is 0. The summed E-state index contributed by atoms with van der Waals surface area (Å²) in [6.45, 7) is 0. The van der Waals surface area contributed by atoms with Crippen molar-refractivity contribution in [3.8, 4) is 6.07 Å². The van der Waals surface area contributed by atoms with Gasteiger partial charge in [-0.15, -0.1) is 0 Å². The Labute approximate surface area is 197 Å². The van der Waals surface area contributed by atoms with Crippen molar-refractivity contribution < 1.29 is 4.79 Å². The quantitative estimate of drug-likeness (QED) is 0.627. The number of para-hydroxylation sites is 1. The molecule has 34 heavy (non-hydrogen) atoms. The molecule has 2 aromatic carbocycles. The van der Waals surface area contributed by atoms with Crippen molar-refractivity contribution in [1.82, 2.24) is 4.98 Å². The number of benzene rings is 2. The van der Waals surface area contributed by atoms with Crippen molar-refractivity contribution in [3.05, 3.63) is 118 Å². The van der Waals surface area contributed by atoms with Crippen molar-refractivity contribution in [2.24, 2.45) is 10.7 Å². The number of aromatic nitrogens is 1. The van der Waals surface area contributed by atoms with Crippen LogP contribution in [-0.2, 0) is 4.79 Å². The highest BCUT2D eigenvalue weighted by atomic mass is 16.1. The molecule has 0 saturated heterocycles. The third-order valence-electron chi connectivity index (χ3n) is 6.84. The summed E-state index contributed by atoms with van der Waals surface area (Å²) in [5, 5.41) is 10.3. The highest BCUT2D eigenvalue weighted by Gasteiger charge is 2.45. The number of amidine groups is 1. The van der Waals surface area contributed by atoms with Crippen LogP contribution in [0.3, 0.4) is 0 Å². The van der Waals surface area contributed by atoms with Gasteiger partial charge >= 0.3 is 0 Å². The topological polar surface area (TPSA) is 95.4 Å². The Morgan fingerprint density at radius 1 is 0.971 bits per heavy atom. The number of carbonyl (C=O) groups is 1. The lowest BCUT2D eigenvalue weighted by Gasteiger charge is -2.43. The molecular formula is C28H21N5O. The summed E-state index contributed by atoms with van der Waals surface area (Å²) in [4.78, 5) is 24.8. The van der Waals surface area contributed by atoms with Gasteiger partial charge in [-0.2, -0.15) is 5.26 Å². The van der Waals surface area contributed by atoms with Gasteiger partial charge in [-0.3, -0.25) is 14.7 Å². The van der Waals surface area contributed by atoms with Crippen molar-refractivity contribution in [1.29, 1.82) is 5.26 Å². The number of pyridine rings is 1. The molecule has 2 aliphatic heterocycles. The van der Waals surface area contributed by atoms with Gasteiger partial charge in [-0.1, -0.05) is 48.5 Å². The van der Waals surface area contributed by atoms with Crippen LogP contribution >= 0.6 is 0 Å². The van der Waals surface area contributed by atoms with Crippen LogP contribution in [0, 0.1) is 11.3 Å². The monoisotopic (exact) mass is 443 g/mol. The molecule has 1 aromatic heterocycles. The predicted octanol–water partition coefficient (Wildman–Crippen LogP) is 4.54. The Kier molecular flexibility index (Phi) is 4.63. The number of anilines is 1. The number of rotatable bonds is 2. The van der Waals surface area contributed by atoms with E-state index in [4.69, 9.17) is 10.7 Å². The van der Waals surface area contributed by atoms with Crippen molar-refractivity contribution >= 4 is 17.3 Å². The molecule has 6 nitrogen and oxygen atoms in total. The summed E-state index contributed by atoms with van der Waals surface area (Å²) < 4.78 is 0. The van der Waals surface area contributed by atoms with Crippen LogP contribution in [0.1, 0.15) is 41.4 Å². The third kappa shape index (κ3) is 2.98. The highest BCUT2D eigenvalue weighted by Crippen LogP contribution is 2.51. The molecule has 0 unspecified atom stereocenters. The minimum Gasteiger partial charge on any atom is -0.383 e. The first kappa shape index (κ1) is 20.1. The zero-order valence-corrected chi connectivity index (χ0v) is 18.3. The molecule has 6 heteroatoms. The first-order valence-electron chi connectivity index (χ1n) is 11.3. The number of allylic oxidation sites excluding steroid dienone is 3. The standard InChI is InChI=1S/C28H21N5O/c29-15-21-25(18-9-6-12-31-16-18)26-23(13-19(14-24(26)34)17-7-2-1-3-8-17)33-22-11-5-4-10-20(22)27(30)32-28(21)33/h1-12,16,19,25H,13-14H2,(H2,30,32)/t19-,25+/m1/s1. The van der Waals surface area contributed by atoms with E-state index in [0.29, 0.717) is 35.6 Å². The van der Waals surface area contributed by atoms with E-state index in [2.05, 4.69) is 23.2 Å². The van der Waals surface area contributed by atoms with E-state index in [-0.39, 0.29) is 11.7 Å². The predicted molar refractivity (Wildman–Crippen MR) is 130 cm³/mol. The van der Waals surface area contributed by atoms with Crippen LogP contribution < -0.4 is 10.6 Å². The van der Waals surface area contributed by atoms with E-state index < -0.39 is 5.92 Å². The number of ketones is 1. The van der Waals surface area contributed by atoms with Gasteiger partial charge < -0.3 is 5.73 Å². The fourth-order valence-corrected chi connectivity index (χ4v) is 5.36. The summed E-state index contributed by atoms with van der Waals surface area (Å²) in [5.74, 6) is 0.433. The fraction of sp³-hybridized carbons (Fsp3) is 0.143. The molecule has 0 fully saturated rings. The van der Waals surface area contributed by atoms with Crippen molar-refractivity contribution in [2.45, 2.75) is 24.7 Å². The second kappa shape index (κ2) is 7.82. The zero-order chi connectivity index (χ0) is 23.2. The summed E-state index contributed by atoms with van der Waals surface area (Å²) in [5.41, 5.74) is 11.9. The lowest BCUT2D eigenvalue weighted by Crippen LogP contribution is -2.40. The first-order valence-corrected chi connectivity index (χ1v) is 11.3. The average molecular weight is 444 g/mol. The molecule has 3 heterocycles. The van der Waals surface area contributed by atoms with Gasteiger partial charge in [0.25, 0.3) is 0 Å². The van der Waals surface area contributed by atoms with Gasteiger partial charge in [-0.25, -0.2) is 4.99 Å². The van der Waals surface area contributed by atoms with Gasteiger partial charge in [0, 0.05) is 35.6 Å². The maximum Gasteiger partial charge on any atom is 0.162 e. The van der Waals surface area contributed by atoms with Gasteiger partial charge in [0.15, 0.2) is 11.6 Å². The van der Waals surface area contributed by atoms with E-state index in [1.165, 1.54) is 0 Å². The molecule has 1 aliphatic carbocycles. The normalized spacial score (nSPS) is 21.3. The number of aliphatic imine (C=N–C) groups is 1. The molecule has 0 amide bonds. The van der Waals surface area contributed by atoms with Gasteiger partial charge in [0.05, 0.1) is 23.2 Å². The molecule has 0 saturated carbocycles. The fourth-order valence-electron chi connectivity index (χ4n) is 5.36. The van der Waals surface area contributed by atoms with Crippen LogP contribution in [0.5, 0.6) is 0 Å². The summed E-state index contributed by atoms with van der Waals surface area (Å²) in [6, 6.07) is 24.0. The Bertz CT molecular complexity index is 1450. The number of nitriles is 1. The van der Waals surface area contributed by atoms with E-state index >= 15 is 0 Å². The largest absolute Gasteiger partial charge is 0.383 e. The smallest absolute Gasteiger partial charge is 0.162 e. The van der Waals surface area contributed by atoms with Gasteiger partial charge in [0.2, 0.25) is 0 Å². The van der Waals surface area contributed by atoms with E-state index in [1.54, 1.807) is 12.4 Å². The van der Waals surface area contributed by atoms with Gasteiger partial charge in [0.1, 0.15) is 5.84 Å². The van der Waals surface area contributed by atoms with E-state index in [9.17, 15) is 10.1 Å². The lowest BCUT2D eigenvalue weighted by molar-refractivity contribution is -0.116. The highest BCUT2D eigenvalue weighted by molar-refractivity contribution is 6.08. The minimum atomic E-state index is -0.522. The Morgan fingerprint density at radius 2 is 1.74 bits per heavy atom. The number of carbonyl (C=O) groups excluding carboxylic acids is 1. The molecule has 2 atom stereocenters. The number of Topliss-reactive ketones (excluding diaryl/α,β-unsaturated/α-hetero) is 1. The molecule has 3 aromatic rings. The Morgan fingerprint density at radius 3 is 2.50 bits per heavy atom. The summed E-state index contributed by atoms with van der Waals surface area (Å²) in [7, 11) is 0. The zero-order valence-electron chi connectivity index (χ0n) is 18.3. The first-order chi connectivity index (χ1) is 16.7. The molecule has 0 spiro atoms. The van der Waals surface area contributed by atoms with Crippen LogP contribution in [0.4, 0.5) is 5.69 Å². The van der Waals surface area contributed by atoms with Crippen LogP contribution in [0.25, 0.3) is 0 Å². The molecule has 6 rings (SSSR count). The molecular weight excluding hydrogens is 422 g/mol. The van der Waals surface area contributed by atoms with Crippen molar-refractivity contribution in [3.63, 3.8) is 0 Å². The number of hydrogen-bond acceptors (Lipinski definition) is 6. The third-order valence-corrected chi connectivity index (χ3v) is 6.84. The molecule has 2 N–H and O–H groups in total. The molecule has 0 radical (unpaired) electrons.